The van der Waals surface area contributed by atoms with Crippen LogP contribution >= 0.6 is 39.3 Å². The molecule has 88 valence electrons. The van der Waals surface area contributed by atoms with E-state index in [4.69, 9.17) is 11.6 Å². The van der Waals surface area contributed by atoms with Gasteiger partial charge >= 0.3 is 0 Å². The molecule has 1 aromatic carbocycles. The lowest BCUT2D eigenvalue weighted by Crippen LogP contribution is -2.21. The fourth-order valence-electron chi connectivity index (χ4n) is 2.23. The molecule has 0 bridgehead atoms. The van der Waals surface area contributed by atoms with Crippen LogP contribution in [0.5, 0.6) is 0 Å². The summed E-state index contributed by atoms with van der Waals surface area (Å²) in [4.78, 5) is 1.22. The third-order valence-electron chi connectivity index (χ3n) is 3.32. The van der Waals surface area contributed by atoms with Crippen molar-refractivity contribution in [2.75, 3.05) is 11.1 Å². The first-order chi connectivity index (χ1) is 7.76. The van der Waals surface area contributed by atoms with Gasteiger partial charge in [-0.05, 0) is 30.4 Å². The van der Waals surface area contributed by atoms with Gasteiger partial charge in [0, 0.05) is 16.0 Å². The molecule has 3 heteroatoms. The summed E-state index contributed by atoms with van der Waals surface area (Å²) in [5.74, 6) is 1.18. The van der Waals surface area contributed by atoms with Gasteiger partial charge in [0.05, 0.1) is 5.02 Å². The van der Waals surface area contributed by atoms with Crippen molar-refractivity contribution in [1.29, 1.82) is 0 Å². The molecular formula is C13H16BrClS. The number of hydrogen-bond donors (Lipinski definition) is 0. The van der Waals surface area contributed by atoms with Gasteiger partial charge in [0.15, 0.2) is 0 Å². The highest BCUT2D eigenvalue weighted by atomic mass is 79.9. The Morgan fingerprint density at radius 1 is 1.25 bits per heavy atom. The number of halogens is 2. The van der Waals surface area contributed by atoms with E-state index in [2.05, 4.69) is 28.1 Å². The second-order valence-corrected chi connectivity index (χ2v) is 6.54. The average molecular weight is 320 g/mol. The Bertz CT molecular complexity index is 348. The number of rotatable bonds is 4. The molecule has 0 atom stereocenters. The first-order valence-electron chi connectivity index (χ1n) is 5.69. The van der Waals surface area contributed by atoms with Crippen LogP contribution in [0.3, 0.4) is 0 Å². The fraction of sp³-hybridized carbons (Fsp3) is 0.538. The Balaban J connectivity index is 1.98. The van der Waals surface area contributed by atoms with Crippen molar-refractivity contribution in [3.63, 3.8) is 0 Å². The molecule has 0 amide bonds. The van der Waals surface area contributed by atoms with E-state index in [1.54, 1.807) is 0 Å². The Morgan fingerprint density at radius 3 is 2.56 bits per heavy atom. The molecule has 0 N–H and O–H groups in total. The summed E-state index contributed by atoms with van der Waals surface area (Å²) < 4.78 is 0. The van der Waals surface area contributed by atoms with E-state index in [1.807, 2.05) is 23.9 Å². The summed E-state index contributed by atoms with van der Waals surface area (Å²) in [5.41, 5.74) is 0.504. The van der Waals surface area contributed by atoms with E-state index in [9.17, 15) is 0 Å². The normalized spacial score (nSPS) is 18.9. The Labute approximate surface area is 115 Å². The highest BCUT2D eigenvalue weighted by Gasteiger charge is 2.32. The summed E-state index contributed by atoms with van der Waals surface area (Å²) in [6.45, 7) is 0. The van der Waals surface area contributed by atoms with Crippen molar-refractivity contribution < 1.29 is 0 Å². The molecule has 0 unspecified atom stereocenters. The molecule has 16 heavy (non-hydrogen) atoms. The van der Waals surface area contributed by atoms with E-state index in [1.165, 1.54) is 36.3 Å². The molecule has 0 spiro atoms. The van der Waals surface area contributed by atoms with Gasteiger partial charge in [-0.1, -0.05) is 52.5 Å². The summed E-state index contributed by atoms with van der Waals surface area (Å²) in [7, 11) is 0. The van der Waals surface area contributed by atoms with Gasteiger partial charge in [-0.25, -0.2) is 0 Å². The van der Waals surface area contributed by atoms with E-state index < -0.39 is 0 Å². The predicted molar refractivity (Wildman–Crippen MR) is 76.9 cm³/mol. The first-order valence-corrected chi connectivity index (χ1v) is 8.18. The van der Waals surface area contributed by atoms with Crippen molar-refractivity contribution >= 4 is 39.3 Å². The summed E-state index contributed by atoms with van der Waals surface area (Å²) in [6.07, 6.45) is 5.48. The van der Waals surface area contributed by atoms with E-state index in [0.29, 0.717) is 5.41 Å². The minimum atomic E-state index is 0.504. The summed E-state index contributed by atoms with van der Waals surface area (Å²) in [5, 5.41) is 2.01. The van der Waals surface area contributed by atoms with Gasteiger partial charge in [0.2, 0.25) is 0 Å². The molecule has 1 aliphatic rings. The standard InChI is InChI=1S/C13H16BrClS/c14-9-13(7-3-4-8-13)10-16-12-6-2-1-5-11(12)15/h1-2,5-6H,3-4,7-10H2. The van der Waals surface area contributed by atoms with Crippen molar-refractivity contribution in [2.45, 2.75) is 30.6 Å². The molecule has 1 fully saturated rings. The molecule has 2 rings (SSSR count). The van der Waals surface area contributed by atoms with Gasteiger partial charge in [-0.15, -0.1) is 11.8 Å². The molecule has 0 aliphatic heterocycles. The zero-order chi connectivity index (χ0) is 11.4. The molecule has 1 aliphatic carbocycles. The smallest absolute Gasteiger partial charge is 0.0541 e. The van der Waals surface area contributed by atoms with Crippen LogP contribution in [0, 0.1) is 5.41 Å². The van der Waals surface area contributed by atoms with Crippen LogP contribution < -0.4 is 0 Å². The Morgan fingerprint density at radius 2 is 1.94 bits per heavy atom. The fourth-order valence-corrected chi connectivity index (χ4v) is 4.79. The summed E-state index contributed by atoms with van der Waals surface area (Å²) in [6, 6.07) is 8.13. The van der Waals surface area contributed by atoms with Gasteiger partial charge in [0.1, 0.15) is 0 Å². The van der Waals surface area contributed by atoms with E-state index in [0.717, 1.165) is 10.4 Å². The maximum absolute atomic E-state index is 6.17. The lowest BCUT2D eigenvalue weighted by atomic mass is 9.92. The van der Waals surface area contributed by atoms with Crippen molar-refractivity contribution in [3.05, 3.63) is 29.3 Å². The minimum Gasteiger partial charge on any atom is -0.124 e. The number of alkyl halides is 1. The van der Waals surface area contributed by atoms with Crippen LogP contribution in [0.4, 0.5) is 0 Å². The van der Waals surface area contributed by atoms with Crippen molar-refractivity contribution in [1.82, 2.24) is 0 Å². The molecule has 1 saturated carbocycles. The van der Waals surface area contributed by atoms with Crippen LogP contribution in [0.2, 0.25) is 5.02 Å². The number of hydrogen-bond acceptors (Lipinski definition) is 1. The maximum atomic E-state index is 6.17. The van der Waals surface area contributed by atoms with Gasteiger partial charge < -0.3 is 0 Å². The monoisotopic (exact) mass is 318 g/mol. The predicted octanol–water partition coefficient (Wildman–Crippen LogP) is 5.39. The van der Waals surface area contributed by atoms with Crippen LogP contribution in [-0.2, 0) is 0 Å². The third-order valence-corrected chi connectivity index (χ3v) is 6.37. The van der Waals surface area contributed by atoms with Crippen LogP contribution in [-0.4, -0.2) is 11.1 Å². The topological polar surface area (TPSA) is 0 Å². The molecule has 0 nitrogen and oxygen atoms in total. The van der Waals surface area contributed by atoms with Crippen LogP contribution in [0.25, 0.3) is 0 Å². The van der Waals surface area contributed by atoms with Gasteiger partial charge in [-0.2, -0.15) is 0 Å². The molecule has 0 heterocycles. The third kappa shape index (κ3) is 2.96. The van der Waals surface area contributed by atoms with E-state index >= 15 is 0 Å². The minimum absolute atomic E-state index is 0.504. The summed E-state index contributed by atoms with van der Waals surface area (Å²) >= 11 is 11.8. The Hall–Kier alpha value is 0.340. The van der Waals surface area contributed by atoms with E-state index in [-0.39, 0.29) is 0 Å². The second-order valence-electron chi connectivity index (χ2n) is 4.56. The highest BCUT2D eigenvalue weighted by molar-refractivity contribution is 9.09. The molecular weight excluding hydrogens is 304 g/mol. The molecule has 0 radical (unpaired) electrons. The zero-order valence-corrected chi connectivity index (χ0v) is 12.4. The quantitative estimate of drug-likeness (QED) is 0.530. The van der Waals surface area contributed by atoms with Gasteiger partial charge in [-0.3, -0.25) is 0 Å². The lowest BCUT2D eigenvalue weighted by molar-refractivity contribution is 0.405. The maximum Gasteiger partial charge on any atom is 0.0541 e. The van der Waals surface area contributed by atoms with Crippen molar-refractivity contribution in [2.24, 2.45) is 5.41 Å². The van der Waals surface area contributed by atoms with Crippen molar-refractivity contribution in [3.8, 4) is 0 Å². The van der Waals surface area contributed by atoms with Gasteiger partial charge in [0.25, 0.3) is 0 Å². The average Bonchev–Trinajstić information content (AvgIpc) is 2.78. The molecule has 1 aromatic rings. The Kier molecular flexibility index (Phi) is 4.63. The molecule has 0 saturated heterocycles. The molecule has 0 aromatic heterocycles. The first kappa shape index (κ1) is 12.8. The zero-order valence-electron chi connectivity index (χ0n) is 9.22. The number of thioether (sulfide) groups is 1. The largest absolute Gasteiger partial charge is 0.124 e. The highest BCUT2D eigenvalue weighted by Crippen LogP contribution is 2.44. The lowest BCUT2D eigenvalue weighted by Gasteiger charge is -2.26. The van der Waals surface area contributed by atoms with Crippen LogP contribution in [0.1, 0.15) is 25.7 Å². The SMILES string of the molecule is Clc1ccccc1SCC1(CBr)CCCC1. The van der Waals surface area contributed by atoms with Crippen LogP contribution in [0.15, 0.2) is 29.2 Å². The second kappa shape index (κ2) is 5.79. The number of benzene rings is 1.